The van der Waals surface area contributed by atoms with Gasteiger partial charge in [0.1, 0.15) is 10.6 Å². The average Bonchev–Trinajstić information content (AvgIpc) is 2.55. The van der Waals surface area contributed by atoms with Gasteiger partial charge < -0.3 is 4.74 Å². The highest BCUT2D eigenvalue weighted by atomic mass is 32.2. The lowest BCUT2D eigenvalue weighted by Crippen LogP contribution is -2.27. The van der Waals surface area contributed by atoms with E-state index >= 15 is 0 Å². The van der Waals surface area contributed by atoms with Gasteiger partial charge in [-0.05, 0) is 60.7 Å². The summed E-state index contributed by atoms with van der Waals surface area (Å²) in [6.07, 6.45) is 0. The fourth-order valence-corrected chi connectivity index (χ4v) is 3.84. The van der Waals surface area contributed by atoms with Crippen LogP contribution in [0.5, 0.6) is 5.75 Å². The molecule has 0 fully saturated rings. The predicted molar refractivity (Wildman–Crippen MR) is 98.6 cm³/mol. The van der Waals surface area contributed by atoms with Crippen molar-refractivity contribution in [1.82, 2.24) is 0 Å². The van der Waals surface area contributed by atoms with E-state index in [0.717, 1.165) is 16.7 Å². The molecule has 0 atom stereocenters. The van der Waals surface area contributed by atoms with Crippen LogP contribution in [0, 0.1) is 13.8 Å². The quantitative estimate of drug-likeness (QED) is 0.812. The molecule has 0 aliphatic rings. The van der Waals surface area contributed by atoms with Crippen molar-refractivity contribution in [2.24, 2.45) is 0 Å². The lowest BCUT2D eigenvalue weighted by Gasteiger charge is -2.22. The van der Waals surface area contributed by atoms with Crippen LogP contribution in [0.1, 0.15) is 36.5 Å². The van der Waals surface area contributed by atoms with E-state index in [1.54, 1.807) is 19.2 Å². The standard InChI is InChI=1S/C19H25NO3S/c1-13(2)16-8-10-18(23-6)19(12-16)24(21,22)20(5)17-9-7-14(3)15(4)11-17/h7-13H,1-6H3. The van der Waals surface area contributed by atoms with Crippen molar-refractivity contribution in [2.75, 3.05) is 18.5 Å². The molecule has 0 spiro atoms. The molecule has 0 saturated carbocycles. The van der Waals surface area contributed by atoms with E-state index in [-0.39, 0.29) is 10.8 Å². The molecule has 0 amide bonds. The van der Waals surface area contributed by atoms with Crippen molar-refractivity contribution in [1.29, 1.82) is 0 Å². The molecular weight excluding hydrogens is 322 g/mol. The molecular formula is C19H25NO3S. The van der Waals surface area contributed by atoms with Crippen molar-refractivity contribution >= 4 is 15.7 Å². The molecule has 130 valence electrons. The zero-order valence-electron chi connectivity index (χ0n) is 15.1. The van der Waals surface area contributed by atoms with Crippen molar-refractivity contribution in [2.45, 2.75) is 38.5 Å². The van der Waals surface area contributed by atoms with Gasteiger partial charge in [0, 0.05) is 7.05 Å². The first-order valence-electron chi connectivity index (χ1n) is 7.92. The van der Waals surface area contributed by atoms with Gasteiger partial charge in [-0.2, -0.15) is 0 Å². The normalized spacial score (nSPS) is 11.6. The van der Waals surface area contributed by atoms with Crippen LogP contribution in [0.25, 0.3) is 0 Å². The molecule has 0 aliphatic carbocycles. The van der Waals surface area contributed by atoms with Crippen molar-refractivity contribution in [3.63, 3.8) is 0 Å². The highest BCUT2D eigenvalue weighted by Gasteiger charge is 2.26. The van der Waals surface area contributed by atoms with Gasteiger partial charge in [-0.25, -0.2) is 8.42 Å². The van der Waals surface area contributed by atoms with Crippen LogP contribution < -0.4 is 9.04 Å². The Morgan fingerprint density at radius 3 is 2.21 bits per heavy atom. The number of rotatable bonds is 5. The van der Waals surface area contributed by atoms with E-state index in [1.165, 1.54) is 11.4 Å². The summed E-state index contributed by atoms with van der Waals surface area (Å²) in [6.45, 7) is 8.04. The Kier molecular flexibility index (Phi) is 5.23. The number of anilines is 1. The zero-order valence-corrected chi connectivity index (χ0v) is 15.9. The second-order valence-corrected chi connectivity index (χ2v) is 8.24. The van der Waals surface area contributed by atoms with Gasteiger partial charge in [0.25, 0.3) is 10.0 Å². The van der Waals surface area contributed by atoms with Crippen LogP contribution in [0.15, 0.2) is 41.3 Å². The van der Waals surface area contributed by atoms with Gasteiger partial charge in [-0.15, -0.1) is 0 Å². The lowest BCUT2D eigenvalue weighted by atomic mass is 10.0. The van der Waals surface area contributed by atoms with Crippen molar-refractivity contribution in [3.05, 3.63) is 53.1 Å². The van der Waals surface area contributed by atoms with Gasteiger partial charge in [0.2, 0.25) is 0 Å². The third-order valence-corrected chi connectivity index (χ3v) is 6.15. The van der Waals surface area contributed by atoms with Crippen molar-refractivity contribution in [3.8, 4) is 5.75 Å². The Morgan fingerprint density at radius 2 is 1.67 bits per heavy atom. The molecule has 0 radical (unpaired) electrons. The van der Waals surface area contributed by atoms with Crippen LogP contribution in [-0.4, -0.2) is 22.6 Å². The first kappa shape index (κ1) is 18.3. The molecule has 0 saturated heterocycles. The molecule has 2 rings (SSSR count). The highest BCUT2D eigenvalue weighted by molar-refractivity contribution is 7.92. The molecule has 0 N–H and O–H groups in total. The van der Waals surface area contributed by atoms with E-state index in [1.807, 2.05) is 52.0 Å². The fourth-order valence-electron chi connectivity index (χ4n) is 2.46. The van der Waals surface area contributed by atoms with Gasteiger partial charge in [0.15, 0.2) is 0 Å². The number of nitrogens with zero attached hydrogens (tertiary/aromatic N) is 1. The maximum Gasteiger partial charge on any atom is 0.267 e. The van der Waals surface area contributed by atoms with E-state index in [0.29, 0.717) is 11.4 Å². The summed E-state index contributed by atoms with van der Waals surface area (Å²) in [5, 5.41) is 0. The van der Waals surface area contributed by atoms with Crippen LogP contribution in [0.4, 0.5) is 5.69 Å². The smallest absolute Gasteiger partial charge is 0.267 e. The minimum Gasteiger partial charge on any atom is -0.495 e. The summed E-state index contributed by atoms with van der Waals surface area (Å²) in [4.78, 5) is 0.192. The van der Waals surface area contributed by atoms with Gasteiger partial charge in [-0.3, -0.25) is 4.31 Å². The first-order chi connectivity index (χ1) is 11.2. The van der Waals surface area contributed by atoms with Crippen LogP contribution >= 0.6 is 0 Å². The largest absolute Gasteiger partial charge is 0.495 e. The van der Waals surface area contributed by atoms with E-state index in [2.05, 4.69) is 0 Å². The number of benzene rings is 2. The second kappa shape index (κ2) is 6.85. The second-order valence-electron chi connectivity index (χ2n) is 6.31. The number of aryl methyl sites for hydroxylation is 2. The van der Waals surface area contributed by atoms with Gasteiger partial charge in [-0.1, -0.05) is 26.0 Å². The number of hydrogen-bond donors (Lipinski definition) is 0. The third kappa shape index (κ3) is 3.41. The maximum absolute atomic E-state index is 13.1. The van der Waals surface area contributed by atoms with E-state index in [9.17, 15) is 8.42 Å². The minimum absolute atomic E-state index is 0.192. The Bertz CT molecular complexity index is 842. The first-order valence-corrected chi connectivity index (χ1v) is 9.36. The van der Waals surface area contributed by atoms with E-state index in [4.69, 9.17) is 4.74 Å². The molecule has 24 heavy (non-hydrogen) atoms. The summed E-state index contributed by atoms with van der Waals surface area (Å²) in [5.41, 5.74) is 3.78. The molecule has 0 aliphatic heterocycles. The number of methoxy groups -OCH3 is 1. The predicted octanol–water partition coefficient (Wildman–Crippen LogP) is 4.26. The topological polar surface area (TPSA) is 46.6 Å². The van der Waals surface area contributed by atoms with Crippen LogP contribution in [0.3, 0.4) is 0 Å². The molecule has 0 unspecified atom stereocenters. The summed E-state index contributed by atoms with van der Waals surface area (Å²) < 4.78 is 32.9. The van der Waals surface area contributed by atoms with Crippen LogP contribution in [-0.2, 0) is 10.0 Å². The fraction of sp³-hybridized carbons (Fsp3) is 0.368. The van der Waals surface area contributed by atoms with Gasteiger partial charge in [0.05, 0.1) is 12.8 Å². The monoisotopic (exact) mass is 347 g/mol. The summed E-state index contributed by atoms with van der Waals surface area (Å²) >= 11 is 0. The molecule has 4 nitrogen and oxygen atoms in total. The summed E-state index contributed by atoms with van der Waals surface area (Å²) in [6, 6.07) is 11.0. The Balaban J connectivity index is 2.56. The van der Waals surface area contributed by atoms with Crippen LogP contribution in [0.2, 0.25) is 0 Å². The molecule has 5 heteroatoms. The van der Waals surface area contributed by atoms with E-state index < -0.39 is 10.0 Å². The Hall–Kier alpha value is -2.01. The summed E-state index contributed by atoms with van der Waals surface area (Å²) in [5.74, 6) is 0.590. The Labute approximate surface area is 145 Å². The molecule has 0 aromatic heterocycles. The molecule has 2 aromatic rings. The number of hydrogen-bond acceptors (Lipinski definition) is 3. The third-order valence-electron chi connectivity index (χ3n) is 4.35. The number of sulfonamides is 1. The SMILES string of the molecule is COc1ccc(C(C)C)cc1S(=O)(=O)N(C)c1ccc(C)c(C)c1. The molecule has 0 bridgehead atoms. The maximum atomic E-state index is 13.1. The lowest BCUT2D eigenvalue weighted by molar-refractivity contribution is 0.402. The summed E-state index contributed by atoms with van der Waals surface area (Å²) in [7, 11) is -0.656. The van der Waals surface area contributed by atoms with Gasteiger partial charge >= 0.3 is 0 Å². The molecule has 0 heterocycles. The molecule has 2 aromatic carbocycles. The number of ether oxygens (including phenoxy) is 1. The zero-order chi connectivity index (χ0) is 18.1. The average molecular weight is 347 g/mol. The Morgan fingerprint density at radius 1 is 1.00 bits per heavy atom. The van der Waals surface area contributed by atoms with Crippen molar-refractivity contribution < 1.29 is 13.2 Å². The highest BCUT2D eigenvalue weighted by Crippen LogP contribution is 2.32. The minimum atomic E-state index is -3.71.